The van der Waals surface area contributed by atoms with Crippen LogP contribution in [0.1, 0.15) is 30.0 Å². The summed E-state index contributed by atoms with van der Waals surface area (Å²) in [5, 5.41) is 7.02. The zero-order chi connectivity index (χ0) is 7.68. The third-order valence-electron chi connectivity index (χ3n) is 2.16. The molecule has 0 atom stereocenters. The molecule has 11 heavy (non-hydrogen) atoms. The summed E-state index contributed by atoms with van der Waals surface area (Å²) in [7, 11) is 0. The van der Waals surface area contributed by atoms with Crippen LogP contribution in [-0.4, -0.2) is 16.7 Å². The molecule has 3 heteroatoms. The maximum absolute atomic E-state index is 5.46. The molecular formula is C8H13N3. The first-order valence-electron chi connectivity index (χ1n) is 4.14. The van der Waals surface area contributed by atoms with Gasteiger partial charge in [-0.25, -0.2) is 0 Å². The minimum atomic E-state index is 0.710. The predicted octanol–water partition coefficient (Wildman–Crippen LogP) is 0.788. The Bertz CT molecular complexity index is 237. The van der Waals surface area contributed by atoms with Crippen LogP contribution in [0.2, 0.25) is 0 Å². The lowest BCUT2D eigenvalue weighted by Crippen LogP contribution is -2.04. The fourth-order valence-electron chi connectivity index (χ4n) is 1.41. The number of hydrogen-bond donors (Lipinski definition) is 2. The first-order chi connectivity index (χ1) is 5.42. The normalized spacial score (nSPS) is 17.2. The van der Waals surface area contributed by atoms with E-state index in [9.17, 15) is 0 Å². The Morgan fingerprint density at radius 2 is 2.45 bits per heavy atom. The van der Waals surface area contributed by atoms with E-state index in [0.717, 1.165) is 12.3 Å². The highest BCUT2D eigenvalue weighted by Gasteiger charge is 2.26. The van der Waals surface area contributed by atoms with Gasteiger partial charge in [0.05, 0.1) is 6.20 Å². The minimum Gasteiger partial charge on any atom is -0.330 e. The maximum atomic E-state index is 5.46. The number of H-pyrrole nitrogens is 1. The summed E-state index contributed by atoms with van der Waals surface area (Å²) in [5.41, 5.74) is 8.11. The van der Waals surface area contributed by atoms with E-state index in [1.54, 1.807) is 0 Å². The quantitative estimate of drug-likeness (QED) is 0.671. The molecule has 0 bridgehead atoms. The second-order valence-electron chi connectivity index (χ2n) is 3.12. The van der Waals surface area contributed by atoms with Crippen LogP contribution in [-0.2, 0) is 6.42 Å². The molecule has 1 aliphatic rings. The largest absolute Gasteiger partial charge is 0.330 e. The van der Waals surface area contributed by atoms with E-state index in [0.29, 0.717) is 6.54 Å². The molecule has 0 saturated heterocycles. The first kappa shape index (κ1) is 6.85. The van der Waals surface area contributed by atoms with Crippen molar-refractivity contribution in [3.8, 4) is 0 Å². The average Bonchev–Trinajstić information content (AvgIpc) is 2.75. The van der Waals surface area contributed by atoms with Crippen LogP contribution in [0.3, 0.4) is 0 Å². The van der Waals surface area contributed by atoms with Crippen LogP contribution in [0.4, 0.5) is 0 Å². The topological polar surface area (TPSA) is 54.7 Å². The molecule has 0 aromatic carbocycles. The molecule has 1 heterocycles. The molecule has 3 nitrogen and oxygen atoms in total. The molecule has 0 unspecified atom stereocenters. The van der Waals surface area contributed by atoms with E-state index in [2.05, 4.69) is 10.2 Å². The van der Waals surface area contributed by atoms with E-state index in [4.69, 9.17) is 5.73 Å². The van der Waals surface area contributed by atoms with Crippen molar-refractivity contribution in [3.63, 3.8) is 0 Å². The van der Waals surface area contributed by atoms with Crippen LogP contribution in [0.25, 0.3) is 0 Å². The summed E-state index contributed by atoms with van der Waals surface area (Å²) in [6.07, 6.45) is 5.54. The maximum Gasteiger partial charge on any atom is 0.0524 e. The Labute approximate surface area is 66.0 Å². The Kier molecular flexibility index (Phi) is 1.66. The number of nitrogens with one attached hydrogen (secondary N) is 1. The van der Waals surface area contributed by atoms with Gasteiger partial charge in [0.25, 0.3) is 0 Å². The Hall–Kier alpha value is -0.830. The summed E-state index contributed by atoms with van der Waals surface area (Å²) in [5.74, 6) is 0.787. The van der Waals surface area contributed by atoms with Gasteiger partial charge in [-0.15, -0.1) is 0 Å². The molecular weight excluding hydrogens is 138 g/mol. The number of rotatable bonds is 3. The van der Waals surface area contributed by atoms with Crippen molar-refractivity contribution < 1.29 is 0 Å². The lowest BCUT2D eigenvalue weighted by atomic mass is 10.1. The number of nitrogens with zero attached hydrogens (tertiary/aromatic N) is 1. The molecule has 0 radical (unpaired) electrons. The van der Waals surface area contributed by atoms with Crippen molar-refractivity contribution in [2.24, 2.45) is 5.73 Å². The summed E-state index contributed by atoms with van der Waals surface area (Å²) in [6.45, 7) is 0.710. The van der Waals surface area contributed by atoms with Crippen molar-refractivity contribution in [2.45, 2.75) is 25.2 Å². The lowest BCUT2D eigenvalue weighted by molar-refractivity contribution is 0.885. The van der Waals surface area contributed by atoms with Gasteiger partial charge in [-0.1, -0.05) is 0 Å². The van der Waals surface area contributed by atoms with Gasteiger partial charge in [0.1, 0.15) is 0 Å². The van der Waals surface area contributed by atoms with Crippen LogP contribution in [0.5, 0.6) is 0 Å². The molecule has 3 N–H and O–H groups in total. The Balaban J connectivity index is 2.16. The highest BCUT2D eigenvalue weighted by Crippen LogP contribution is 2.40. The van der Waals surface area contributed by atoms with Gasteiger partial charge in [-0.3, -0.25) is 5.10 Å². The van der Waals surface area contributed by atoms with Gasteiger partial charge in [0, 0.05) is 12.1 Å². The Morgan fingerprint density at radius 1 is 1.64 bits per heavy atom. The summed E-state index contributed by atoms with van der Waals surface area (Å²) < 4.78 is 0. The van der Waals surface area contributed by atoms with Crippen molar-refractivity contribution in [1.82, 2.24) is 10.2 Å². The number of hydrogen-bond acceptors (Lipinski definition) is 2. The zero-order valence-electron chi connectivity index (χ0n) is 6.51. The zero-order valence-corrected chi connectivity index (χ0v) is 6.51. The molecule has 1 saturated carbocycles. The standard InChI is InChI=1S/C8H13N3/c9-4-3-8-7(5-10-11-8)6-1-2-6/h5-6H,1-4,9H2,(H,10,11). The van der Waals surface area contributed by atoms with Gasteiger partial charge < -0.3 is 5.73 Å². The number of nitrogens with two attached hydrogens (primary N) is 1. The van der Waals surface area contributed by atoms with Crippen LogP contribution in [0, 0.1) is 0 Å². The second-order valence-corrected chi connectivity index (χ2v) is 3.12. The molecule has 1 aromatic rings. The van der Waals surface area contributed by atoms with E-state index in [1.807, 2.05) is 6.20 Å². The minimum absolute atomic E-state index is 0.710. The smallest absolute Gasteiger partial charge is 0.0524 e. The van der Waals surface area contributed by atoms with Crippen LogP contribution < -0.4 is 5.73 Å². The monoisotopic (exact) mass is 151 g/mol. The van der Waals surface area contributed by atoms with Gasteiger partial charge in [0.2, 0.25) is 0 Å². The molecule has 0 spiro atoms. The van der Waals surface area contributed by atoms with Gasteiger partial charge in [-0.05, 0) is 30.9 Å². The van der Waals surface area contributed by atoms with Crippen LogP contribution in [0.15, 0.2) is 6.20 Å². The second kappa shape index (κ2) is 2.66. The molecule has 2 rings (SSSR count). The fraction of sp³-hybridized carbons (Fsp3) is 0.625. The highest BCUT2D eigenvalue weighted by molar-refractivity contribution is 5.25. The van der Waals surface area contributed by atoms with Crippen LogP contribution >= 0.6 is 0 Å². The lowest BCUT2D eigenvalue weighted by Gasteiger charge is -1.97. The molecule has 0 amide bonds. The van der Waals surface area contributed by atoms with Gasteiger partial charge in [-0.2, -0.15) is 5.10 Å². The van der Waals surface area contributed by atoms with Crippen molar-refractivity contribution >= 4 is 0 Å². The Morgan fingerprint density at radius 3 is 3.09 bits per heavy atom. The predicted molar refractivity (Wildman–Crippen MR) is 43.3 cm³/mol. The third kappa shape index (κ3) is 1.28. The summed E-state index contributed by atoms with van der Waals surface area (Å²) >= 11 is 0. The van der Waals surface area contributed by atoms with E-state index in [-0.39, 0.29) is 0 Å². The van der Waals surface area contributed by atoms with E-state index in [1.165, 1.54) is 24.1 Å². The van der Waals surface area contributed by atoms with Gasteiger partial charge in [0.15, 0.2) is 0 Å². The van der Waals surface area contributed by atoms with Crippen molar-refractivity contribution in [2.75, 3.05) is 6.54 Å². The SMILES string of the molecule is NCCc1[nH]ncc1C1CC1. The first-order valence-corrected chi connectivity index (χ1v) is 4.14. The third-order valence-corrected chi connectivity index (χ3v) is 2.16. The van der Waals surface area contributed by atoms with E-state index < -0.39 is 0 Å². The van der Waals surface area contributed by atoms with E-state index >= 15 is 0 Å². The molecule has 60 valence electrons. The number of aromatic amines is 1. The van der Waals surface area contributed by atoms with Gasteiger partial charge >= 0.3 is 0 Å². The highest BCUT2D eigenvalue weighted by atomic mass is 15.1. The number of aromatic nitrogens is 2. The summed E-state index contributed by atoms with van der Waals surface area (Å²) in [6, 6.07) is 0. The molecule has 1 aromatic heterocycles. The molecule has 0 aliphatic heterocycles. The molecule has 1 aliphatic carbocycles. The average molecular weight is 151 g/mol. The molecule has 1 fully saturated rings. The fourth-order valence-corrected chi connectivity index (χ4v) is 1.41. The van der Waals surface area contributed by atoms with Crippen molar-refractivity contribution in [3.05, 3.63) is 17.5 Å². The summed E-state index contributed by atoms with van der Waals surface area (Å²) in [4.78, 5) is 0. The van der Waals surface area contributed by atoms with Crippen molar-refractivity contribution in [1.29, 1.82) is 0 Å².